The number of alkyl halides is 3. The summed E-state index contributed by atoms with van der Waals surface area (Å²) in [6.07, 6.45) is -4.30. The van der Waals surface area contributed by atoms with Gasteiger partial charge in [0.25, 0.3) is 0 Å². The first-order valence-corrected chi connectivity index (χ1v) is 5.97. The summed E-state index contributed by atoms with van der Waals surface area (Å²) in [4.78, 5) is 14.1. The number of nitrogens with zero attached hydrogens (tertiary/aromatic N) is 1. The van der Waals surface area contributed by atoms with Crippen LogP contribution in [0.2, 0.25) is 0 Å². The Balaban J connectivity index is 2.35. The predicted octanol–water partition coefficient (Wildman–Crippen LogP) is 3.41. The quantitative estimate of drug-likeness (QED) is 0.694. The smallest absolute Gasteiger partial charge is 0.481 e. The Hall–Kier alpha value is -2.64. The summed E-state index contributed by atoms with van der Waals surface area (Å²) in [7, 11) is 0. The normalized spacial score (nSPS) is 11.3. The van der Waals surface area contributed by atoms with E-state index in [9.17, 15) is 22.4 Å². The van der Waals surface area contributed by atoms with Gasteiger partial charge in [0.1, 0.15) is 5.75 Å². The third kappa shape index (κ3) is 4.18. The molecule has 0 atom stereocenters. The highest BCUT2D eigenvalue weighted by atomic mass is 19.4. The van der Waals surface area contributed by atoms with Gasteiger partial charge in [0.2, 0.25) is 5.95 Å². The lowest BCUT2D eigenvalue weighted by Crippen LogP contribution is -2.17. The number of benzene rings is 1. The van der Waals surface area contributed by atoms with E-state index >= 15 is 0 Å². The van der Waals surface area contributed by atoms with Crippen molar-refractivity contribution in [3.63, 3.8) is 0 Å². The van der Waals surface area contributed by atoms with E-state index in [1.54, 1.807) is 0 Å². The fourth-order valence-corrected chi connectivity index (χ4v) is 1.81. The first-order valence-electron chi connectivity index (χ1n) is 5.97. The highest BCUT2D eigenvalue weighted by Gasteiger charge is 2.31. The van der Waals surface area contributed by atoms with Crippen LogP contribution in [0.3, 0.4) is 0 Å². The zero-order chi connectivity index (χ0) is 16.3. The molecule has 0 amide bonds. The van der Waals surface area contributed by atoms with Crippen LogP contribution in [0.25, 0.3) is 11.1 Å². The van der Waals surface area contributed by atoms with Gasteiger partial charge in [-0.15, -0.1) is 13.2 Å². The summed E-state index contributed by atoms with van der Waals surface area (Å²) in [6.45, 7) is 0. The summed E-state index contributed by atoms with van der Waals surface area (Å²) in [5, 5.41) is 8.69. The van der Waals surface area contributed by atoms with E-state index in [0.29, 0.717) is 5.56 Å². The lowest BCUT2D eigenvalue weighted by Gasteiger charge is -2.10. The molecule has 1 aromatic heterocycles. The fraction of sp³-hybridized carbons (Fsp3) is 0.143. The minimum atomic E-state index is -4.83. The summed E-state index contributed by atoms with van der Waals surface area (Å²) >= 11 is 0. The molecule has 116 valence electrons. The number of hydrogen-bond acceptors (Lipinski definition) is 3. The van der Waals surface area contributed by atoms with E-state index in [-0.39, 0.29) is 11.1 Å². The maximum Gasteiger partial charge on any atom is 0.573 e. The summed E-state index contributed by atoms with van der Waals surface area (Å²) < 4.78 is 53.8. The zero-order valence-electron chi connectivity index (χ0n) is 10.9. The molecule has 1 aromatic carbocycles. The van der Waals surface area contributed by atoms with Gasteiger partial charge < -0.3 is 9.84 Å². The summed E-state index contributed by atoms with van der Waals surface area (Å²) in [5.41, 5.74) is 0.415. The van der Waals surface area contributed by atoms with Gasteiger partial charge in [0.05, 0.1) is 6.42 Å². The molecule has 0 spiro atoms. The van der Waals surface area contributed by atoms with Crippen LogP contribution in [0.5, 0.6) is 5.75 Å². The number of rotatable bonds is 4. The van der Waals surface area contributed by atoms with Crippen molar-refractivity contribution in [3.05, 3.63) is 48.0 Å². The van der Waals surface area contributed by atoms with Crippen LogP contribution >= 0.6 is 0 Å². The second-order valence-corrected chi connectivity index (χ2v) is 4.32. The molecule has 0 radical (unpaired) electrons. The van der Waals surface area contributed by atoms with Crippen molar-refractivity contribution in [2.45, 2.75) is 12.8 Å². The number of hydrogen-bond donors (Lipinski definition) is 1. The molecule has 0 bridgehead atoms. The Morgan fingerprint density at radius 2 is 1.95 bits per heavy atom. The average molecular weight is 315 g/mol. The molecule has 0 aliphatic carbocycles. The van der Waals surface area contributed by atoms with Crippen LogP contribution in [0.4, 0.5) is 17.6 Å². The predicted molar refractivity (Wildman–Crippen MR) is 67.7 cm³/mol. The van der Waals surface area contributed by atoms with Crippen LogP contribution in [0, 0.1) is 5.95 Å². The summed E-state index contributed by atoms with van der Waals surface area (Å²) in [6, 6.07) is 6.25. The Kier molecular flexibility index (Phi) is 4.30. The summed E-state index contributed by atoms with van der Waals surface area (Å²) in [5.74, 6) is -2.62. The first-order chi connectivity index (χ1) is 10.2. The second kappa shape index (κ2) is 6.00. The van der Waals surface area contributed by atoms with Crippen LogP contribution in [-0.4, -0.2) is 22.4 Å². The third-order valence-corrected chi connectivity index (χ3v) is 2.65. The topological polar surface area (TPSA) is 59.4 Å². The number of aliphatic carboxylic acids is 1. The molecule has 0 saturated carbocycles. The standard InChI is InChI=1S/C14H9F4NO3/c15-13-9(6-12(20)21)4-10(7-19-13)8-2-1-3-11(5-8)22-14(16,17)18/h1-5,7H,6H2,(H,20,21). The van der Waals surface area contributed by atoms with Crippen molar-refractivity contribution in [2.75, 3.05) is 0 Å². The maximum absolute atomic E-state index is 13.4. The lowest BCUT2D eigenvalue weighted by molar-refractivity contribution is -0.274. The van der Waals surface area contributed by atoms with Crippen LogP contribution in [0.15, 0.2) is 36.5 Å². The molecule has 0 aliphatic rings. The second-order valence-electron chi connectivity index (χ2n) is 4.32. The molecular weight excluding hydrogens is 306 g/mol. The van der Waals surface area contributed by atoms with E-state index in [0.717, 1.165) is 18.3 Å². The Morgan fingerprint density at radius 1 is 1.23 bits per heavy atom. The third-order valence-electron chi connectivity index (χ3n) is 2.65. The number of carboxylic acid groups (broad SMARTS) is 1. The van der Waals surface area contributed by atoms with E-state index in [4.69, 9.17) is 5.11 Å². The molecule has 1 N–H and O–H groups in total. The minimum Gasteiger partial charge on any atom is -0.481 e. The van der Waals surface area contributed by atoms with Crippen molar-refractivity contribution in [3.8, 4) is 16.9 Å². The van der Waals surface area contributed by atoms with Crippen molar-refractivity contribution in [1.82, 2.24) is 4.98 Å². The van der Waals surface area contributed by atoms with Crippen LogP contribution < -0.4 is 4.74 Å². The van der Waals surface area contributed by atoms with Gasteiger partial charge in [-0.05, 0) is 23.8 Å². The number of halogens is 4. The number of carbonyl (C=O) groups is 1. The Morgan fingerprint density at radius 3 is 2.59 bits per heavy atom. The van der Waals surface area contributed by atoms with Crippen LogP contribution in [0.1, 0.15) is 5.56 Å². The van der Waals surface area contributed by atoms with Gasteiger partial charge in [0.15, 0.2) is 0 Å². The van der Waals surface area contributed by atoms with Gasteiger partial charge >= 0.3 is 12.3 Å². The number of ether oxygens (including phenoxy) is 1. The monoisotopic (exact) mass is 315 g/mol. The van der Waals surface area contributed by atoms with E-state index in [1.807, 2.05) is 0 Å². The lowest BCUT2D eigenvalue weighted by atomic mass is 10.0. The molecule has 8 heteroatoms. The maximum atomic E-state index is 13.4. The first kappa shape index (κ1) is 15.7. The van der Waals surface area contributed by atoms with Gasteiger partial charge in [-0.1, -0.05) is 12.1 Å². The number of pyridine rings is 1. The molecule has 0 unspecified atom stereocenters. The molecule has 2 aromatic rings. The molecule has 2 rings (SSSR count). The highest BCUT2D eigenvalue weighted by Crippen LogP contribution is 2.28. The fourth-order valence-electron chi connectivity index (χ4n) is 1.81. The van der Waals surface area contributed by atoms with Gasteiger partial charge in [-0.2, -0.15) is 4.39 Å². The van der Waals surface area contributed by atoms with Crippen molar-refractivity contribution in [2.24, 2.45) is 0 Å². The van der Waals surface area contributed by atoms with E-state index in [2.05, 4.69) is 9.72 Å². The van der Waals surface area contributed by atoms with Crippen molar-refractivity contribution >= 4 is 5.97 Å². The highest BCUT2D eigenvalue weighted by molar-refractivity contribution is 5.72. The Labute approximate surface area is 122 Å². The molecule has 1 heterocycles. The van der Waals surface area contributed by atoms with Crippen LogP contribution in [-0.2, 0) is 11.2 Å². The molecule has 0 fully saturated rings. The Bertz CT molecular complexity index is 701. The molecular formula is C14H9F4NO3. The number of carboxylic acids is 1. The van der Waals surface area contributed by atoms with Crippen molar-refractivity contribution < 1.29 is 32.2 Å². The largest absolute Gasteiger partial charge is 0.573 e. The zero-order valence-corrected chi connectivity index (χ0v) is 10.9. The van der Waals surface area contributed by atoms with Gasteiger partial charge in [-0.3, -0.25) is 4.79 Å². The van der Waals surface area contributed by atoms with E-state index in [1.165, 1.54) is 18.2 Å². The molecule has 0 saturated heterocycles. The van der Waals surface area contributed by atoms with E-state index < -0.39 is 30.4 Å². The van der Waals surface area contributed by atoms with Gasteiger partial charge in [-0.25, -0.2) is 4.98 Å². The molecule has 0 aliphatic heterocycles. The van der Waals surface area contributed by atoms with Crippen molar-refractivity contribution in [1.29, 1.82) is 0 Å². The van der Waals surface area contributed by atoms with Gasteiger partial charge in [0, 0.05) is 17.3 Å². The SMILES string of the molecule is O=C(O)Cc1cc(-c2cccc(OC(F)(F)F)c2)cnc1F. The minimum absolute atomic E-state index is 0.160. The molecule has 22 heavy (non-hydrogen) atoms. The average Bonchev–Trinajstić information content (AvgIpc) is 2.39. The molecule has 4 nitrogen and oxygen atoms in total. The number of aromatic nitrogens is 1.